The van der Waals surface area contributed by atoms with Gasteiger partial charge in [-0.3, -0.25) is 4.79 Å². The van der Waals surface area contributed by atoms with E-state index in [-0.39, 0.29) is 17.0 Å². The highest BCUT2D eigenvalue weighted by Crippen LogP contribution is 2.38. The summed E-state index contributed by atoms with van der Waals surface area (Å²) in [4.78, 5) is 25.6. The Kier molecular flexibility index (Phi) is 5.81. The molecule has 1 heterocycles. The molecule has 0 atom stereocenters. The fourth-order valence-electron chi connectivity index (χ4n) is 3.74. The smallest absolute Gasteiger partial charge is 0.347 e. The Morgan fingerprint density at radius 1 is 1.00 bits per heavy atom. The number of ketones is 1. The largest absolute Gasteiger partial charge is 0.496 e. The number of allylic oxidation sites excluding steroid dienone is 1. The van der Waals surface area contributed by atoms with Crippen molar-refractivity contribution in [1.82, 2.24) is 0 Å². The average molecular weight is 443 g/mol. The van der Waals surface area contributed by atoms with Crippen molar-refractivity contribution in [2.45, 2.75) is 33.1 Å². The minimum Gasteiger partial charge on any atom is -0.496 e. The zero-order chi connectivity index (χ0) is 23.8. The molecule has 4 rings (SSSR count). The van der Waals surface area contributed by atoms with Crippen LogP contribution in [0, 0.1) is 6.92 Å². The van der Waals surface area contributed by atoms with Crippen LogP contribution in [0.3, 0.4) is 0 Å². The Morgan fingerprint density at radius 3 is 2.36 bits per heavy atom. The van der Waals surface area contributed by atoms with Gasteiger partial charge in [0.15, 0.2) is 5.76 Å². The third-order valence-electron chi connectivity index (χ3n) is 5.56. The molecule has 3 aromatic rings. The second-order valence-electron chi connectivity index (χ2n) is 9.01. The first-order chi connectivity index (χ1) is 15.7. The molecule has 5 heteroatoms. The molecule has 5 nitrogen and oxygen atoms in total. The number of Topliss-reactive ketones (excluding diaryl/α,β-unsaturated/α-hetero) is 1. The number of methoxy groups -OCH3 is 1. The summed E-state index contributed by atoms with van der Waals surface area (Å²) in [6.45, 7) is 8.26. The fraction of sp³-hybridized carbons (Fsp3) is 0.214. The highest BCUT2D eigenvalue weighted by molar-refractivity contribution is 6.15. The van der Waals surface area contributed by atoms with E-state index in [4.69, 9.17) is 14.2 Å². The van der Waals surface area contributed by atoms with E-state index < -0.39 is 5.97 Å². The molecule has 0 saturated heterocycles. The maximum absolute atomic E-state index is 13.0. The maximum atomic E-state index is 13.0. The number of carbonyl (C=O) groups is 2. The molecule has 0 unspecified atom stereocenters. The Labute approximate surface area is 193 Å². The molecule has 0 spiro atoms. The lowest BCUT2D eigenvalue weighted by Gasteiger charge is -2.18. The van der Waals surface area contributed by atoms with Gasteiger partial charge in [0, 0.05) is 6.07 Å². The number of para-hydroxylation sites is 1. The number of aryl methyl sites for hydroxylation is 1. The Balaban J connectivity index is 1.58. The number of rotatable bonds is 4. The highest BCUT2D eigenvalue weighted by Gasteiger charge is 2.30. The molecule has 168 valence electrons. The molecule has 0 bridgehead atoms. The van der Waals surface area contributed by atoms with Crippen LogP contribution in [-0.2, 0) is 5.41 Å². The second kappa shape index (κ2) is 8.58. The van der Waals surface area contributed by atoms with Crippen molar-refractivity contribution in [3.8, 4) is 17.2 Å². The van der Waals surface area contributed by atoms with E-state index in [1.165, 1.54) is 12.7 Å². The number of hydrogen-bond donors (Lipinski definition) is 0. The zero-order valence-corrected chi connectivity index (χ0v) is 19.4. The molecule has 33 heavy (non-hydrogen) atoms. The molecular weight excluding hydrogens is 416 g/mol. The van der Waals surface area contributed by atoms with Gasteiger partial charge in [0.2, 0.25) is 5.78 Å². The summed E-state index contributed by atoms with van der Waals surface area (Å²) in [6, 6.07) is 18.1. The van der Waals surface area contributed by atoms with E-state index in [0.29, 0.717) is 33.9 Å². The predicted molar refractivity (Wildman–Crippen MR) is 127 cm³/mol. The third-order valence-corrected chi connectivity index (χ3v) is 5.56. The van der Waals surface area contributed by atoms with Crippen molar-refractivity contribution in [2.75, 3.05) is 7.11 Å². The first kappa shape index (κ1) is 22.3. The summed E-state index contributed by atoms with van der Waals surface area (Å²) in [5.74, 6) is 0.598. The van der Waals surface area contributed by atoms with Crippen LogP contribution in [0.1, 0.15) is 58.2 Å². The molecule has 3 aromatic carbocycles. The molecule has 0 aliphatic carbocycles. The van der Waals surface area contributed by atoms with E-state index in [1.54, 1.807) is 49.4 Å². The molecule has 0 fully saturated rings. The average Bonchev–Trinajstić information content (AvgIpc) is 3.08. The quantitative estimate of drug-likeness (QED) is 0.276. The third kappa shape index (κ3) is 4.53. The van der Waals surface area contributed by atoms with Crippen molar-refractivity contribution < 1.29 is 23.8 Å². The van der Waals surface area contributed by atoms with Crippen LogP contribution < -0.4 is 14.2 Å². The van der Waals surface area contributed by atoms with Gasteiger partial charge in [-0.15, -0.1) is 0 Å². The van der Waals surface area contributed by atoms with E-state index in [0.717, 1.165) is 5.56 Å². The topological polar surface area (TPSA) is 61.8 Å². The summed E-state index contributed by atoms with van der Waals surface area (Å²) in [5.41, 5.74) is 3.60. The predicted octanol–water partition coefficient (Wildman–Crippen LogP) is 6.14. The summed E-state index contributed by atoms with van der Waals surface area (Å²) in [5, 5.41) is 0. The van der Waals surface area contributed by atoms with Crippen molar-refractivity contribution in [3.05, 3.63) is 94.2 Å². The normalized spacial score (nSPS) is 14.1. The molecule has 0 aromatic heterocycles. The monoisotopic (exact) mass is 442 g/mol. The van der Waals surface area contributed by atoms with Gasteiger partial charge in [0.05, 0.1) is 12.7 Å². The van der Waals surface area contributed by atoms with Crippen molar-refractivity contribution >= 4 is 17.8 Å². The van der Waals surface area contributed by atoms with E-state index in [2.05, 4.69) is 32.9 Å². The minimum absolute atomic E-state index is 0.0519. The van der Waals surface area contributed by atoms with Gasteiger partial charge in [-0.1, -0.05) is 57.2 Å². The van der Waals surface area contributed by atoms with Crippen LogP contribution in [-0.4, -0.2) is 18.9 Å². The first-order valence-electron chi connectivity index (χ1n) is 10.7. The molecule has 1 aliphatic rings. The number of fused-ring (bicyclic) bond motifs is 1. The molecule has 1 aliphatic heterocycles. The Hall–Kier alpha value is -3.86. The van der Waals surface area contributed by atoms with Gasteiger partial charge in [-0.25, -0.2) is 4.79 Å². The van der Waals surface area contributed by atoms with Gasteiger partial charge >= 0.3 is 5.97 Å². The summed E-state index contributed by atoms with van der Waals surface area (Å²) in [6.07, 6.45) is 1.73. The standard InChI is InChI=1S/C28H26O5/c1-17-14-20(32-27(30)21-8-6-7-9-22(21)31-5)16-23-25(17)26(29)24(33-23)15-18-10-12-19(13-11-18)28(2,3)4/h6-16H,1-5H3/b24-15-. The number of ether oxygens (including phenoxy) is 3. The van der Waals surface area contributed by atoms with Gasteiger partial charge in [0.25, 0.3) is 0 Å². The van der Waals surface area contributed by atoms with Crippen LogP contribution in [0.2, 0.25) is 0 Å². The molecule has 0 radical (unpaired) electrons. The SMILES string of the molecule is COc1ccccc1C(=O)Oc1cc(C)c2c(c1)O/C(=C\c1ccc(C(C)(C)C)cc1)C2=O. The summed E-state index contributed by atoms with van der Waals surface area (Å²) < 4.78 is 16.7. The van der Waals surface area contributed by atoms with Crippen molar-refractivity contribution in [1.29, 1.82) is 0 Å². The summed E-state index contributed by atoms with van der Waals surface area (Å²) >= 11 is 0. The van der Waals surface area contributed by atoms with Crippen molar-refractivity contribution in [2.24, 2.45) is 0 Å². The van der Waals surface area contributed by atoms with E-state index >= 15 is 0 Å². The highest BCUT2D eigenvalue weighted by atomic mass is 16.5. The number of carbonyl (C=O) groups excluding carboxylic acids is 2. The Morgan fingerprint density at radius 2 is 1.70 bits per heavy atom. The molecule has 0 saturated carbocycles. The number of esters is 1. The molecule has 0 N–H and O–H groups in total. The van der Waals surface area contributed by atoms with Gasteiger partial charge in [-0.05, 0) is 53.3 Å². The fourth-order valence-corrected chi connectivity index (χ4v) is 3.74. The van der Waals surface area contributed by atoms with Gasteiger partial charge in [0.1, 0.15) is 22.8 Å². The zero-order valence-electron chi connectivity index (χ0n) is 19.4. The first-order valence-corrected chi connectivity index (χ1v) is 10.7. The Bertz CT molecular complexity index is 1260. The minimum atomic E-state index is -0.550. The van der Waals surface area contributed by atoms with Crippen molar-refractivity contribution in [3.63, 3.8) is 0 Å². The molecular formula is C28H26O5. The van der Waals surface area contributed by atoms with Crippen LogP contribution in [0.5, 0.6) is 17.2 Å². The summed E-state index contributed by atoms with van der Waals surface area (Å²) in [7, 11) is 1.50. The maximum Gasteiger partial charge on any atom is 0.347 e. The lowest BCUT2D eigenvalue weighted by Crippen LogP contribution is -2.10. The van der Waals surface area contributed by atoms with Gasteiger partial charge < -0.3 is 14.2 Å². The van der Waals surface area contributed by atoms with Gasteiger partial charge in [-0.2, -0.15) is 0 Å². The van der Waals surface area contributed by atoms with Crippen LogP contribution >= 0.6 is 0 Å². The van der Waals surface area contributed by atoms with Crippen LogP contribution in [0.4, 0.5) is 0 Å². The number of benzene rings is 3. The second-order valence-corrected chi connectivity index (χ2v) is 9.01. The van der Waals surface area contributed by atoms with Crippen LogP contribution in [0.15, 0.2) is 66.4 Å². The van der Waals surface area contributed by atoms with E-state index in [9.17, 15) is 9.59 Å². The van der Waals surface area contributed by atoms with Crippen LogP contribution in [0.25, 0.3) is 6.08 Å². The van der Waals surface area contributed by atoms with E-state index in [1.807, 2.05) is 12.1 Å². The molecule has 0 amide bonds. The lowest BCUT2D eigenvalue weighted by atomic mass is 9.86. The number of hydrogen-bond acceptors (Lipinski definition) is 5. The lowest BCUT2D eigenvalue weighted by molar-refractivity contribution is 0.0731.